The summed E-state index contributed by atoms with van der Waals surface area (Å²) < 4.78 is 16.8. The minimum atomic E-state index is -0.761. The highest BCUT2D eigenvalue weighted by molar-refractivity contribution is 5.71. The minimum Gasteiger partial charge on any atom is -0.462 e. The fraction of sp³-hybridized carbons (Fsp3) is 0.939. The molecular weight excluding hydrogens is 685 g/mol. The van der Waals surface area contributed by atoms with Crippen molar-refractivity contribution in [3.05, 3.63) is 0 Å². The second kappa shape index (κ2) is 42.0. The van der Waals surface area contributed by atoms with Gasteiger partial charge in [0, 0.05) is 19.3 Å². The van der Waals surface area contributed by atoms with E-state index in [1.807, 2.05) is 0 Å². The van der Waals surface area contributed by atoms with Crippen LogP contribution < -0.4 is 0 Å². The molecule has 0 heterocycles. The van der Waals surface area contributed by atoms with E-state index in [1.165, 1.54) is 154 Å². The fourth-order valence-corrected chi connectivity index (χ4v) is 7.25. The molecule has 1 unspecified atom stereocenters. The van der Waals surface area contributed by atoms with Gasteiger partial charge in [-0.3, -0.25) is 14.4 Å². The van der Waals surface area contributed by atoms with Crippen molar-refractivity contribution in [1.82, 2.24) is 0 Å². The molecule has 0 aliphatic carbocycles. The first-order chi connectivity index (χ1) is 26.8. The number of unbranched alkanes of at least 4 members (excludes halogenated alkanes) is 27. The number of carbonyl (C=O) groups is 3. The van der Waals surface area contributed by atoms with Crippen LogP contribution in [0, 0.1) is 11.8 Å². The molecule has 0 amide bonds. The van der Waals surface area contributed by atoms with Crippen molar-refractivity contribution in [2.45, 2.75) is 272 Å². The molecule has 0 spiro atoms. The molecule has 0 aromatic rings. The third-order valence-electron chi connectivity index (χ3n) is 11.3. The predicted molar refractivity (Wildman–Crippen MR) is 233 cm³/mol. The van der Waals surface area contributed by atoms with Gasteiger partial charge in [-0.25, -0.2) is 0 Å². The molecule has 0 aromatic heterocycles. The third kappa shape index (κ3) is 41.9. The van der Waals surface area contributed by atoms with Crippen molar-refractivity contribution >= 4 is 17.9 Å². The molecule has 0 aromatic carbocycles. The van der Waals surface area contributed by atoms with Crippen molar-refractivity contribution in [3.8, 4) is 0 Å². The molecule has 0 aliphatic heterocycles. The summed E-state index contributed by atoms with van der Waals surface area (Å²) in [5.74, 6) is 0.808. The summed E-state index contributed by atoms with van der Waals surface area (Å²) in [5, 5.41) is 0. The molecule has 0 aliphatic rings. The van der Waals surface area contributed by atoms with Gasteiger partial charge in [0.05, 0.1) is 0 Å². The Balaban J connectivity index is 4.33. The van der Waals surface area contributed by atoms with Gasteiger partial charge in [-0.05, 0) is 31.1 Å². The van der Waals surface area contributed by atoms with Gasteiger partial charge in [0.1, 0.15) is 13.2 Å². The van der Waals surface area contributed by atoms with Gasteiger partial charge >= 0.3 is 17.9 Å². The van der Waals surface area contributed by atoms with E-state index in [-0.39, 0.29) is 31.1 Å². The van der Waals surface area contributed by atoms with E-state index in [4.69, 9.17) is 14.2 Å². The summed E-state index contributed by atoms with van der Waals surface area (Å²) in [5.41, 5.74) is 0. The van der Waals surface area contributed by atoms with Crippen LogP contribution in [0.1, 0.15) is 266 Å². The molecular formula is C49H94O6. The zero-order valence-corrected chi connectivity index (χ0v) is 37.6. The molecule has 0 saturated heterocycles. The zero-order valence-electron chi connectivity index (χ0n) is 37.6. The Bertz CT molecular complexity index is 841. The number of hydrogen-bond donors (Lipinski definition) is 0. The zero-order chi connectivity index (χ0) is 40.5. The quantitative estimate of drug-likeness (QED) is 0.0348. The van der Waals surface area contributed by atoms with E-state index >= 15 is 0 Å². The van der Waals surface area contributed by atoms with Crippen molar-refractivity contribution < 1.29 is 28.6 Å². The maximum atomic E-state index is 12.7. The maximum absolute atomic E-state index is 12.7. The van der Waals surface area contributed by atoms with E-state index in [0.29, 0.717) is 19.3 Å². The number of ether oxygens (including phenoxy) is 3. The Morgan fingerprint density at radius 3 is 1.04 bits per heavy atom. The Morgan fingerprint density at radius 2 is 0.691 bits per heavy atom. The molecule has 0 radical (unpaired) electrons. The summed E-state index contributed by atoms with van der Waals surface area (Å²) in [6, 6.07) is 0. The molecule has 0 saturated carbocycles. The molecule has 6 heteroatoms. The van der Waals surface area contributed by atoms with Gasteiger partial charge in [-0.15, -0.1) is 0 Å². The summed E-state index contributed by atoms with van der Waals surface area (Å²) in [6.45, 7) is 11.3. The van der Waals surface area contributed by atoms with Crippen molar-refractivity contribution in [2.75, 3.05) is 13.2 Å². The van der Waals surface area contributed by atoms with Crippen molar-refractivity contribution in [3.63, 3.8) is 0 Å². The first-order valence-corrected chi connectivity index (χ1v) is 24.3. The summed E-state index contributed by atoms with van der Waals surface area (Å²) >= 11 is 0. The Hall–Kier alpha value is -1.59. The number of carbonyl (C=O) groups excluding carboxylic acids is 3. The van der Waals surface area contributed by atoms with Gasteiger partial charge < -0.3 is 14.2 Å². The van der Waals surface area contributed by atoms with Crippen LogP contribution in [0.25, 0.3) is 0 Å². The first kappa shape index (κ1) is 53.4. The fourth-order valence-electron chi connectivity index (χ4n) is 7.25. The molecule has 0 fully saturated rings. The van der Waals surface area contributed by atoms with Crippen LogP contribution in [0.5, 0.6) is 0 Å². The van der Waals surface area contributed by atoms with Crippen molar-refractivity contribution in [2.24, 2.45) is 11.8 Å². The second-order valence-electron chi connectivity index (χ2n) is 17.5. The number of hydrogen-bond acceptors (Lipinski definition) is 6. The van der Waals surface area contributed by atoms with Crippen LogP contribution in [0.3, 0.4) is 0 Å². The lowest BCUT2D eigenvalue weighted by molar-refractivity contribution is -0.167. The monoisotopic (exact) mass is 779 g/mol. The Kier molecular flexibility index (Phi) is 40.8. The van der Waals surface area contributed by atoms with E-state index in [9.17, 15) is 14.4 Å². The normalized spacial score (nSPS) is 12.5. The van der Waals surface area contributed by atoms with Crippen molar-refractivity contribution in [1.29, 1.82) is 0 Å². The van der Waals surface area contributed by atoms with Crippen LogP contribution in [0.4, 0.5) is 0 Å². The number of esters is 3. The SMILES string of the molecule is CCCCCCCCCCCCCCC(=O)OC[C@H](COC(=O)CCCCCCCCCCCCC(C)CC)OC(=O)CCCCCCCCCCC(C)C. The third-order valence-corrected chi connectivity index (χ3v) is 11.3. The standard InChI is InChI=1S/C49H94O6/c1-6-8-9-10-11-12-13-14-18-24-29-34-39-47(50)53-42-46(55-49(52)41-36-31-26-21-20-22-27-32-37-44(3)4)43-54-48(51)40-35-30-25-19-16-15-17-23-28-33-38-45(5)7-2/h44-46H,6-43H2,1-5H3/t45?,46-/m1/s1. The van der Waals surface area contributed by atoms with E-state index in [0.717, 1.165) is 69.6 Å². The van der Waals surface area contributed by atoms with Gasteiger partial charge in [0.15, 0.2) is 6.10 Å². The molecule has 326 valence electrons. The average molecular weight is 779 g/mol. The topological polar surface area (TPSA) is 78.9 Å². The average Bonchev–Trinajstić information content (AvgIpc) is 3.17. The lowest BCUT2D eigenvalue weighted by atomic mass is 9.99. The molecule has 2 atom stereocenters. The van der Waals surface area contributed by atoms with E-state index in [2.05, 4.69) is 34.6 Å². The highest BCUT2D eigenvalue weighted by Gasteiger charge is 2.19. The lowest BCUT2D eigenvalue weighted by Crippen LogP contribution is -2.30. The largest absolute Gasteiger partial charge is 0.462 e. The highest BCUT2D eigenvalue weighted by Crippen LogP contribution is 2.17. The minimum absolute atomic E-state index is 0.0647. The molecule has 55 heavy (non-hydrogen) atoms. The summed E-state index contributed by atoms with van der Waals surface area (Å²) in [7, 11) is 0. The Labute approximate surface area is 342 Å². The van der Waals surface area contributed by atoms with Gasteiger partial charge in [0.25, 0.3) is 0 Å². The number of rotatable bonds is 43. The van der Waals surface area contributed by atoms with E-state index in [1.54, 1.807) is 0 Å². The van der Waals surface area contributed by atoms with E-state index < -0.39 is 6.10 Å². The summed E-state index contributed by atoms with van der Waals surface area (Å²) in [6.07, 6.45) is 40.8. The van der Waals surface area contributed by atoms with Crippen LogP contribution in [-0.2, 0) is 28.6 Å². The van der Waals surface area contributed by atoms with Gasteiger partial charge in [-0.2, -0.15) is 0 Å². The molecule has 0 bridgehead atoms. The smallest absolute Gasteiger partial charge is 0.306 e. The molecule has 0 N–H and O–H groups in total. The molecule has 0 rings (SSSR count). The van der Waals surface area contributed by atoms with Crippen LogP contribution in [0.15, 0.2) is 0 Å². The van der Waals surface area contributed by atoms with Crippen LogP contribution in [-0.4, -0.2) is 37.2 Å². The maximum Gasteiger partial charge on any atom is 0.306 e. The summed E-state index contributed by atoms with van der Waals surface area (Å²) in [4.78, 5) is 37.8. The highest BCUT2D eigenvalue weighted by atomic mass is 16.6. The van der Waals surface area contributed by atoms with Gasteiger partial charge in [-0.1, -0.05) is 227 Å². The van der Waals surface area contributed by atoms with Crippen LogP contribution >= 0.6 is 0 Å². The second-order valence-corrected chi connectivity index (χ2v) is 17.5. The Morgan fingerprint density at radius 1 is 0.382 bits per heavy atom. The lowest BCUT2D eigenvalue weighted by Gasteiger charge is -2.18. The van der Waals surface area contributed by atoms with Crippen LogP contribution in [0.2, 0.25) is 0 Å². The van der Waals surface area contributed by atoms with Gasteiger partial charge in [0.2, 0.25) is 0 Å². The predicted octanol–water partition coefficient (Wildman–Crippen LogP) is 15.4. The first-order valence-electron chi connectivity index (χ1n) is 24.3. The molecule has 6 nitrogen and oxygen atoms in total.